The number of hydrogen-bond acceptors (Lipinski definition) is 1. The summed E-state index contributed by atoms with van der Waals surface area (Å²) in [4.78, 5) is 0. The monoisotopic (exact) mass is 573 g/mol. The molecule has 0 fully saturated rings. The number of halogens is 6. The van der Waals surface area contributed by atoms with Crippen molar-refractivity contribution < 1.29 is 45.3 Å². The molecule has 0 unspecified atom stereocenters. The van der Waals surface area contributed by atoms with E-state index in [-0.39, 0.29) is 39.0 Å². The molecule has 0 aromatic rings. The van der Waals surface area contributed by atoms with E-state index in [1.165, 1.54) is 0 Å². The van der Waals surface area contributed by atoms with Crippen molar-refractivity contribution in [2.75, 3.05) is 0 Å². The van der Waals surface area contributed by atoms with Crippen LogP contribution in [0.1, 0.15) is 13.8 Å². The van der Waals surface area contributed by atoms with Gasteiger partial charge in [0, 0.05) is 6.10 Å². The second-order valence-corrected chi connectivity index (χ2v) is 51.0. The summed E-state index contributed by atoms with van der Waals surface area (Å²) in [5, 5.41) is 8.06. The number of rotatable bonds is 0. The van der Waals surface area contributed by atoms with Gasteiger partial charge in [-0.2, -0.15) is 0 Å². The Morgan fingerprint density at radius 1 is 0.647 bits per heavy atom. The third-order valence-corrected chi connectivity index (χ3v) is 0. The molecule has 0 aromatic heterocycles. The number of aliphatic hydroxyl groups excluding tert-OH is 1. The molecule has 17 heavy (non-hydrogen) atoms. The summed E-state index contributed by atoms with van der Waals surface area (Å²) in [6, 6.07) is 0. The molecule has 0 aliphatic heterocycles. The summed E-state index contributed by atoms with van der Waals surface area (Å²) in [5.41, 5.74) is 0. The van der Waals surface area contributed by atoms with Crippen LogP contribution in [-0.4, -0.2) is 44.1 Å². The molecule has 0 rings (SSSR count). The van der Waals surface area contributed by atoms with Gasteiger partial charge in [-0.1, -0.05) is 0 Å². The molecule has 0 heterocycles. The van der Waals surface area contributed by atoms with E-state index in [1.54, 1.807) is 13.8 Å². The maximum atomic E-state index is 8.06. The van der Waals surface area contributed by atoms with Crippen LogP contribution in [0.15, 0.2) is 0 Å². The molecular weight excluding hydrogens is 556 g/mol. The molecular formula is C3H20Cl6O7Pt. The van der Waals surface area contributed by atoms with Crippen molar-refractivity contribution in [2.45, 2.75) is 20.0 Å². The summed E-state index contributed by atoms with van der Waals surface area (Å²) in [6.07, 6.45) is -0.167. The van der Waals surface area contributed by atoms with Crippen molar-refractivity contribution in [2.24, 2.45) is 0 Å². The van der Waals surface area contributed by atoms with Crippen molar-refractivity contribution in [3.63, 3.8) is 0 Å². The third-order valence-electron chi connectivity index (χ3n) is 0. The van der Waals surface area contributed by atoms with Crippen molar-refractivity contribution >= 4 is 56.5 Å². The standard InChI is InChI=1S/C3H8O.6ClH.6H2O.Pt/c1-3(2)4;;;;;;;;;;;;;/h3-4H,1-2H3;6*1H;6*1H2;/q;;;;;;;;;;;;;+6/p-6. The van der Waals surface area contributed by atoms with Gasteiger partial charge in [-0.05, 0) is 13.8 Å². The molecule has 0 saturated heterocycles. The normalized spacial score (nSPS) is 11.6. The molecule has 14 heteroatoms. The van der Waals surface area contributed by atoms with Crippen LogP contribution in [0.5, 0.6) is 0 Å². The zero-order valence-corrected chi connectivity index (χ0v) is 15.4. The summed E-state index contributed by atoms with van der Waals surface area (Å²) in [5.74, 6) is 0. The Bertz CT molecular complexity index is 116. The Balaban J connectivity index is -0.0000000125. The third kappa shape index (κ3) is 1030. The van der Waals surface area contributed by atoms with Crippen molar-refractivity contribution in [3.8, 4) is 0 Å². The molecule has 13 N–H and O–H groups in total. The number of hydrogen-bond donors (Lipinski definition) is 1. The van der Waals surface area contributed by atoms with E-state index in [4.69, 9.17) is 61.6 Å². The van der Waals surface area contributed by atoms with Gasteiger partial charge in [-0.3, -0.25) is 0 Å². The van der Waals surface area contributed by atoms with Crippen LogP contribution in [0.3, 0.4) is 0 Å². The number of aliphatic hydroxyl groups is 1. The fourth-order valence-corrected chi connectivity index (χ4v) is 0. The Labute approximate surface area is 121 Å². The van der Waals surface area contributed by atoms with Gasteiger partial charge in [0.25, 0.3) is 0 Å². The molecule has 0 amide bonds. The Kier molecular flexibility index (Phi) is 39.2. The molecule has 0 aromatic carbocycles. The van der Waals surface area contributed by atoms with E-state index in [2.05, 4.69) is 0 Å². The molecule has 0 aliphatic rings. The molecule has 0 spiro atoms. The van der Waals surface area contributed by atoms with Crippen LogP contribution >= 0.6 is 56.5 Å². The van der Waals surface area contributed by atoms with Gasteiger partial charge in [-0.15, -0.1) is 0 Å². The minimum absolute atomic E-state index is 0. The van der Waals surface area contributed by atoms with Gasteiger partial charge in [0.1, 0.15) is 0 Å². The summed E-state index contributed by atoms with van der Waals surface area (Å²) >= 11 is 0. The summed E-state index contributed by atoms with van der Waals surface area (Å²) < 4.78 is 0. The van der Waals surface area contributed by atoms with Gasteiger partial charge in [0.15, 0.2) is 0 Å². The quantitative estimate of drug-likeness (QED) is 0.400. The van der Waals surface area contributed by atoms with E-state index in [0.29, 0.717) is 0 Å². The molecule has 0 aliphatic carbocycles. The zero-order valence-electron chi connectivity index (χ0n) is 8.61. The molecule has 126 valence electrons. The van der Waals surface area contributed by atoms with Gasteiger partial charge in [0.2, 0.25) is 0 Å². The maximum absolute atomic E-state index is 8.06. The van der Waals surface area contributed by atoms with Gasteiger partial charge < -0.3 is 38.0 Å². The summed E-state index contributed by atoms with van der Waals surface area (Å²) in [6.45, 7) is 3.44. The first-order valence-electron chi connectivity index (χ1n) is 2.13. The van der Waals surface area contributed by atoms with Gasteiger partial charge >= 0.3 is 63.8 Å². The van der Waals surface area contributed by atoms with Gasteiger partial charge in [0.05, 0.1) is 0 Å². The first kappa shape index (κ1) is 50.7. The van der Waals surface area contributed by atoms with Crippen LogP contribution in [-0.2, 0) is 7.31 Å². The first-order valence-corrected chi connectivity index (χ1v) is 19.0. The molecule has 0 atom stereocenters. The van der Waals surface area contributed by atoms with Crippen LogP contribution in [0.25, 0.3) is 0 Å². The Morgan fingerprint density at radius 3 is 0.647 bits per heavy atom. The Hall–Kier alpha value is 2.15. The predicted octanol–water partition coefficient (Wildman–Crippen LogP) is -0.427. The Morgan fingerprint density at radius 2 is 0.647 bits per heavy atom. The van der Waals surface area contributed by atoms with Gasteiger partial charge in [-0.25, -0.2) is 0 Å². The van der Waals surface area contributed by atoms with E-state index < -0.39 is 7.31 Å². The van der Waals surface area contributed by atoms with E-state index >= 15 is 0 Å². The van der Waals surface area contributed by atoms with Crippen molar-refractivity contribution in [1.29, 1.82) is 0 Å². The SMILES string of the molecule is CC(C)O.O.O.O.O.O.O.[Cl][Pt]([Cl])([Cl])([Cl])([Cl])[Cl]. The van der Waals surface area contributed by atoms with E-state index in [9.17, 15) is 0 Å². The predicted molar refractivity (Wildman–Crippen MR) is 74.2 cm³/mol. The zero-order chi connectivity index (χ0) is 9.99. The van der Waals surface area contributed by atoms with E-state index in [0.717, 1.165) is 0 Å². The van der Waals surface area contributed by atoms with Crippen molar-refractivity contribution in [3.05, 3.63) is 0 Å². The second-order valence-electron chi connectivity index (χ2n) is 1.77. The topological polar surface area (TPSA) is 209 Å². The van der Waals surface area contributed by atoms with Crippen molar-refractivity contribution in [1.82, 2.24) is 0 Å². The van der Waals surface area contributed by atoms with Crippen LogP contribution in [0.2, 0.25) is 0 Å². The molecule has 0 bridgehead atoms. The average Bonchev–Trinajstić information content (AvgIpc) is 1.11. The molecule has 0 saturated carbocycles. The first-order chi connectivity index (χ1) is 4.18. The fraction of sp³-hybridized carbons (Fsp3) is 1.00. The van der Waals surface area contributed by atoms with Crippen LogP contribution in [0, 0.1) is 0 Å². The average molecular weight is 576 g/mol. The minimum atomic E-state index is -5.29. The summed E-state index contributed by atoms with van der Waals surface area (Å²) in [7, 11) is 25.0. The second kappa shape index (κ2) is 13.1. The van der Waals surface area contributed by atoms with E-state index in [1.807, 2.05) is 0 Å². The fourth-order valence-electron chi connectivity index (χ4n) is 0. The molecule has 0 radical (unpaired) electrons. The van der Waals surface area contributed by atoms with Crippen LogP contribution in [0.4, 0.5) is 0 Å². The van der Waals surface area contributed by atoms with Crippen LogP contribution < -0.4 is 0 Å². The molecule has 7 nitrogen and oxygen atoms in total.